The van der Waals surface area contributed by atoms with Crippen LogP contribution in [0.2, 0.25) is 0 Å². The van der Waals surface area contributed by atoms with Gasteiger partial charge in [0.05, 0.1) is 25.2 Å². The topological polar surface area (TPSA) is 84.9 Å². The van der Waals surface area contributed by atoms with E-state index in [1.54, 1.807) is 27.7 Å². The highest BCUT2D eigenvalue weighted by molar-refractivity contribution is 5.71. The summed E-state index contributed by atoms with van der Waals surface area (Å²) in [5.41, 5.74) is -0.615. The third kappa shape index (κ3) is 8.55. The summed E-state index contributed by atoms with van der Waals surface area (Å²) >= 11 is 0. The molecule has 0 rings (SSSR count). The minimum atomic E-state index is -1.01. The van der Waals surface area contributed by atoms with E-state index in [2.05, 4.69) is 5.32 Å². The monoisotopic (exact) mass is 303 g/mol. The molecule has 0 unspecified atom stereocenters. The number of esters is 1. The van der Waals surface area contributed by atoms with E-state index < -0.39 is 29.8 Å². The molecule has 1 amide bonds. The number of alkyl carbamates (subject to hydrolysis) is 1. The molecule has 0 aromatic carbocycles. The van der Waals surface area contributed by atoms with Gasteiger partial charge in [-0.1, -0.05) is 20.3 Å². The SMILES string of the molecule is CCOC(=O)C[C@@H](O)[C@H](NC(=O)OC(C)(C)C)[C@H](C)CC. The third-order valence-electron chi connectivity index (χ3n) is 3.04. The van der Waals surface area contributed by atoms with Crippen LogP contribution in [0.15, 0.2) is 0 Å². The van der Waals surface area contributed by atoms with Crippen molar-refractivity contribution in [3.63, 3.8) is 0 Å². The molecular formula is C15H29NO5. The molecule has 0 fully saturated rings. The minimum Gasteiger partial charge on any atom is -0.466 e. The molecule has 3 atom stereocenters. The smallest absolute Gasteiger partial charge is 0.407 e. The molecular weight excluding hydrogens is 274 g/mol. The summed E-state index contributed by atoms with van der Waals surface area (Å²) in [5, 5.41) is 12.8. The lowest BCUT2D eigenvalue weighted by Gasteiger charge is -2.30. The van der Waals surface area contributed by atoms with E-state index in [9.17, 15) is 14.7 Å². The van der Waals surface area contributed by atoms with Crippen LogP contribution in [0.1, 0.15) is 54.4 Å². The van der Waals surface area contributed by atoms with Crippen molar-refractivity contribution in [2.24, 2.45) is 5.92 Å². The Kier molecular flexibility index (Phi) is 8.32. The summed E-state index contributed by atoms with van der Waals surface area (Å²) in [6.45, 7) is 11.1. The lowest BCUT2D eigenvalue weighted by atomic mass is 9.93. The zero-order valence-corrected chi connectivity index (χ0v) is 13.9. The number of aliphatic hydroxyl groups is 1. The fraction of sp³-hybridized carbons (Fsp3) is 0.867. The van der Waals surface area contributed by atoms with Crippen molar-refractivity contribution in [2.75, 3.05) is 6.61 Å². The number of hydrogen-bond donors (Lipinski definition) is 2. The van der Waals surface area contributed by atoms with E-state index in [4.69, 9.17) is 9.47 Å². The highest BCUT2D eigenvalue weighted by Gasteiger charge is 2.30. The Morgan fingerprint density at radius 1 is 1.24 bits per heavy atom. The first-order chi connectivity index (χ1) is 9.60. The van der Waals surface area contributed by atoms with Crippen LogP contribution in [0.3, 0.4) is 0 Å². The number of carbonyl (C=O) groups excluding carboxylic acids is 2. The second kappa shape index (κ2) is 8.87. The molecule has 6 nitrogen and oxygen atoms in total. The zero-order valence-electron chi connectivity index (χ0n) is 13.9. The number of carbonyl (C=O) groups is 2. The summed E-state index contributed by atoms with van der Waals surface area (Å²) in [5.74, 6) is -0.480. The Hall–Kier alpha value is -1.30. The number of aliphatic hydroxyl groups excluding tert-OH is 1. The number of nitrogens with one attached hydrogen (secondary N) is 1. The minimum absolute atomic E-state index is 0.00180. The van der Waals surface area contributed by atoms with Gasteiger partial charge in [0.2, 0.25) is 0 Å². The lowest BCUT2D eigenvalue weighted by molar-refractivity contribution is -0.146. The molecule has 0 aromatic rings. The van der Waals surface area contributed by atoms with Gasteiger partial charge in [0.15, 0.2) is 0 Å². The Morgan fingerprint density at radius 3 is 2.24 bits per heavy atom. The van der Waals surface area contributed by atoms with Gasteiger partial charge in [0, 0.05) is 0 Å². The molecule has 2 N–H and O–H groups in total. The highest BCUT2D eigenvalue weighted by Crippen LogP contribution is 2.16. The van der Waals surface area contributed by atoms with E-state index in [-0.39, 0.29) is 18.9 Å². The van der Waals surface area contributed by atoms with Crippen molar-refractivity contribution in [1.29, 1.82) is 0 Å². The van der Waals surface area contributed by atoms with E-state index in [1.165, 1.54) is 0 Å². The molecule has 0 aromatic heterocycles. The van der Waals surface area contributed by atoms with Crippen LogP contribution < -0.4 is 5.32 Å². The quantitative estimate of drug-likeness (QED) is 0.705. The second-order valence-electron chi connectivity index (χ2n) is 6.13. The molecule has 0 heterocycles. The molecule has 124 valence electrons. The molecule has 0 aliphatic heterocycles. The largest absolute Gasteiger partial charge is 0.466 e. The van der Waals surface area contributed by atoms with Crippen molar-refractivity contribution in [1.82, 2.24) is 5.32 Å². The molecule has 0 spiro atoms. The fourth-order valence-electron chi connectivity index (χ4n) is 1.83. The summed E-state index contributed by atoms with van der Waals surface area (Å²) in [4.78, 5) is 23.3. The predicted molar refractivity (Wildman–Crippen MR) is 79.9 cm³/mol. The Bertz CT molecular complexity index is 337. The van der Waals surface area contributed by atoms with Gasteiger partial charge < -0.3 is 19.9 Å². The summed E-state index contributed by atoms with van der Waals surface area (Å²) in [6.07, 6.45) is -1.01. The van der Waals surface area contributed by atoms with Gasteiger partial charge in [0.25, 0.3) is 0 Å². The molecule has 0 aliphatic rings. The van der Waals surface area contributed by atoms with Gasteiger partial charge in [-0.25, -0.2) is 4.79 Å². The molecule has 0 radical (unpaired) electrons. The molecule has 0 saturated carbocycles. The number of ether oxygens (including phenoxy) is 2. The fourth-order valence-corrected chi connectivity index (χ4v) is 1.83. The van der Waals surface area contributed by atoms with Crippen LogP contribution in [-0.2, 0) is 14.3 Å². The summed E-state index contributed by atoms with van der Waals surface area (Å²) in [7, 11) is 0. The molecule has 0 bridgehead atoms. The van der Waals surface area contributed by atoms with Crippen LogP contribution in [0.5, 0.6) is 0 Å². The van der Waals surface area contributed by atoms with Crippen molar-refractivity contribution >= 4 is 12.1 Å². The van der Waals surface area contributed by atoms with Crippen molar-refractivity contribution in [2.45, 2.75) is 72.1 Å². The molecule has 6 heteroatoms. The maximum Gasteiger partial charge on any atom is 0.407 e. The Labute approximate surface area is 127 Å². The van der Waals surface area contributed by atoms with Gasteiger partial charge in [-0.2, -0.15) is 0 Å². The molecule has 21 heavy (non-hydrogen) atoms. The number of hydrogen-bond acceptors (Lipinski definition) is 5. The average Bonchev–Trinajstić information content (AvgIpc) is 2.32. The number of rotatable bonds is 7. The van der Waals surface area contributed by atoms with Gasteiger partial charge in [-0.05, 0) is 33.6 Å². The van der Waals surface area contributed by atoms with Crippen molar-refractivity contribution in [3.8, 4) is 0 Å². The zero-order chi connectivity index (χ0) is 16.6. The lowest BCUT2D eigenvalue weighted by Crippen LogP contribution is -2.49. The van der Waals surface area contributed by atoms with E-state index in [0.717, 1.165) is 6.42 Å². The summed E-state index contributed by atoms with van der Waals surface area (Å²) < 4.78 is 10.0. The van der Waals surface area contributed by atoms with Crippen LogP contribution in [0, 0.1) is 5.92 Å². The maximum atomic E-state index is 11.8. The van der Waals surface area contributed by atoms with Gasteiger partial charge >= 0.3 is 12.1 Å². The van der Waals surface area contributed by atoms with Gasteiger partial charge in [0.1, 0.15) is 5.60 Å². The molecule has 0 aliphatic carbocycles. The van der Waals surface area contributed by atoms with Crippen molar-refractivity contribution < 1.29 is 24.2 Å². The standard InChI is InChI=1S/C15H29NO5/c1-7-10(3)13(11(17)9-12(18)20-8-2)16-14(19)21-15(4,5)6/h10-11,13,17H,7-9H2,1-6H3,(H,16,19)/t10-,11-,13-/m1/s1. The van der Waals surface area contributed by atoms with Crippen LogP contribution in [0.25, 0.3) is 0 Å². The van der Waals surface area contributed by atoms with Crippen LogP contribution >= 0.6 is 0 Å². The predicted octanol–water partition coefficient (Wildman–Crippen LogP) is 2.24. The van der Waals surface area contributed by atoms with Crippen molar-refractivity contribution in [3.05, 3.63) is 0 Å². The first kappa shape index (κ1) is 19.7. The second-order valence-corrected chi connectivity index (χ2v) is 6.13. The van der Waals surface area contributed by atoms with E-state index >= 15 is 0 Å². The van der Waals surface area contributed by atoms with E-state index in [0.29, 0.717) is 0 Å². The van der Waals surface area contributed by atoms with Crippen LogP contribution in [-0.4, -0.2) is 41.5 Å². The van der Waals surface area contributed by atoms with Crippen LogP contribution in [0.4, 0.5) is 4.79 Å². The first-order valence-electron chi connectivity index (χ1n) is 7.43. The number of amides is 1. The summed E-state index contributed by atoms with van der Waals surface area (Å²) in [6, 6.07) is -0.561. The Balaban J connectivity index is 4.72. The van der Waals surface area contributed by atoms with E-state index in [1.807, 2.05) is 13.8 Å². The Morgan fingerprint density at radius 2 is 1.81 bits per heavy atom. The van der Waals surface area contributed by atoms with Gasteiger partial charge in [-0.3, -0.25) is 4.79 Å². The first-order valence-corrected chi connectivity index (χ1v) is 7.43. The maximum absolute atomic E-state index is 11.8. The average molecular weight is 303 g/mol. The normalized spacial score (nSPS) is 15.8. The highest BCUT2D eigenvalue weighted by atomic mass is 16.6. The third-order valence-corrected chi connectivity index (χ3v) is 3.04. The van der Waals surface area contributed by atoms with Gasteiger partial charge in [-0.15, -0.1) is 0 Å². The molecule has 0 saturated heterocycles.